The molecule has 1 unspecified atom stereocenters. The zero-order valence-corrected chi connectivity index (χ0v) is 12.2. The van der Waals surface area contributed by atoms with Crippen molar-refractivity contribution in [3.8, 4) is 0 Å². The zero-order valence-electron chi connectivity index (χ0n) is 12.2. The predicted octanol–water partition coefficient (Wildman–Crippen LogP) is 3.32. The minimum Gasteiger partial charge on any atom is -0.466 e. The van der Waals surface area contributed by atoms with Gasteiger partial charge in [0.25, 0.3) is 0 Å². The Hall–Kier alpha value is -2.62. The van der Waals surface area contributed by atoms with Gasteiger partial charge in [0.2, 0.25) is 0 Å². The molecule has 0 saturated heterocycles. The number of benzene rings is 1. The highest BCUT2D eigenvalue weighted by Gasteiger charge is 2.20. The smallest absolute Gasteiger partial charge is 0.313 e. The number of ether oxygens (including phenoxy) is 1. The molecule has 0 N–H and O–H groups in total. The lowest BCUT2D eigenvalue weighted by Crippen LogP contribution is -2.17. The van der Waals surface area contributed by atoms with Crippen LogP contribution in [0.1, 0.15) is 19.1 Å². The standard InChI is InChI=1S/C18H16O4/c1-2-21-18(20)13-7-5-6-12(10-13)17-11-15(19)14-8-3-4-9-16(14)22-17/h3-6,8-11,13H,2,7H2,1H3. The van der Waals surface area contributed by atoms with Gasteiger partial charge in [0.05, 0.1) is 17.9 Å². The van der Waals surface area contributed by atoms with Crippen molar-refractivity contribution in [2.75, 3.05) is 6.61 Å². The molecule has 1 heterocycles. The van der Waals surface area contributed by atoms with E-state index in [0.29, 0.717) is 29.8 Å². The van der Waals surface area contributed by atoms with Gasteiger partial charge in [-0.05, 0) is 25.5 Å². The summed E-state index contributed by atoms with van der Waals surface area (Å²) in [6.07, 6.45) is 6.15. The fourth-order valence-corrected chi connectivity index (χ4v) is 2.51. The average molecular weight is 296 g/mol. The van der Waals surface area contributed by atoms with E-state index in [1.54, 1.807) is 31.2 Å². The van der Waals surface area contributed by atoms with E-state index in [1.165, 1.54) is 6.07 Å². The maximum Gasteiger partial charge on any atom is 0.313 e. The van der Waals surface area contributed by atoms with E-state index in [9.17, 15) is 9.59 Å². The molecule has 22 heavy (non-hydrogen) atoms. The first-order chi connectivity index (χ1) is 10.7. The summed E-state index contributed by atoms with van der Waals surface area (Å²) in [5.74, 6) is -0.127. The minimum atomic E-state index is -0.336. The fraction of sp³-hybridized carbons (Fsp3) is 0.222. The fourth-order valence-electron chi connectivity index (χ4n) is 2.51. The second kappa shape index (κ2) is 6.02. The summed E-state index contributed by atoms with van der Waals surface area (Å²) in [6, 6.07) is 8.58. The van der Waals surface area contributed by atoms with E-state index in [4.69, 9.17) is 9.15 Å². The molecular formula is C18H16O4. The summed E-state index contributed by atoms with van der Waals surface area (Å²) in [4.78, 5) is 24.0. The number of rotatable bonds is 3. The van der Waals surface area contributed by atoms with Gasteiger partial charge in [-0.15, -0.1) is 0 Å². The SMILES string of the molecule is CCOC(=O)C1C=C(c2cc(=O)c3ccccc3o2)C=CC1. The lowest BCUT2D eigenvalue weighted by Gasteiger charge is -2.15. The second-order valence-corrected chi connectivity index (χ2v) is 5.09. The number of para-hydroxylation sites is 1. The number of carbonyl (C=O) groups is 1. The van der Waals surface area contributed by atoms with E-state index in [0.717, 1.165) is 5.57 Å². The van der Waals surface area contributed by atoms with Crippen LogP contribution in [-0.2, 0) is 9.53 Å². The Kier molecular flexibility index (Phi) is 3.92. The largest absolute Gasteiger partial charge is 0.466 e. The van der Waals surface area contributed by atoms with E-state index in [-0.39, 0.29) is 17.3 Å². The Morgan fingerprint density at radius 3 is 3.00 bits per heavy atom. The molecule has 4 nitrogen and oxygen atoms in total. The third-order valence-corrected chi connectivity index (χ3v) is 3.58. The highest BCUT2D eigenvalue weighted by Crippen LogP contribution is 2.26. The molecule has 0 bridgehead atoms. The number of allylic oxidation sites excluding steroid dienone is 3. The van der Waals surface area contributed by atoms with Crippen LogP contribution in [-0.4, -0.2) is 12.6 Å². The summed E-state index contributed by atoms with van der Waals surface area (Å²) in [6.45, 7) is 2.14. The van der Waals surface area contributed by atoms with Crippen molar-refractivity contribution >= 4 is 22.5 Å². The third-order valence-electron chi connectivity index (χ3n) is 3.58. The van der Waals surface area contributed by atoms with Crippen molar-refractivity contribution in [3.05, 3.63) is 64.5 Å². The molecule has 1 aliphatic rings. The topological polar surface area (TPSA) is 56.5 Å². The van der Waals surface area contributed by atoms with E-state index < -0.39 is 0 Å². The molecule has 0 fully saturated rings. The second-order valence-electron chi connectivity index (χ2n) is 5.09. The Morgan fingerprint density at radius 1 is 1.36 bits per heavy atom. The molecule has 3 rings (SSSR count). The van der Waals surface area contributed by atoms with E-state index in [1.807, 2.05) is 18.2 Å². The maximum absolute atomic E-state index is 12.2. The van der Waals surface area contributed by atoms with Gasteiger partial charge < -0.3 is 9.15 Å². The molecule has 2 aromatic rings. The molecular weight excluding hydrogens is 280 g/mol. The number of hydrogen-bond donors (Lipinski definition) is 0. The molecule has 0 aliphatic heterocycles. The molecule has 0 amide bonds. The summed E-state index contributed by atoms with van der Waals surface area (Å²) >= 11 is 0. The Morgan fingerprint density at radius 2 is 2.18 bits per heavy atom. The number of carbonyl (C=O) groups excluding carboxylic acids is 1. The number of hydrogen-bond acceptors (Lipinski definition) is 4. The molecule has 0 saturated carbocycles. The van der Waals surface area contributed by atoms with Crippen molar-refractivity contribution in [2.45, 2.75) is 13.3 Å². The van der Waals surface area contributed by atoms with Crippen LogP contribution in [0.3, 0.4) is 0 Å². The van der Waals surface area contributed by atoms with Crippen LogP contribution in [0, 0.1) is 5.92 Å². The Balaban J connectivity index is 2.01. The monoisotopic (exact) mass is 296 g/mol. The molecule has 4 heteroatoms. The molecule has 0 radical (unpaired) electrons. The molecule has 1 atom stereocenters. The summed E-state index contributed by atoms with van der Waals surface area (Å²) < 4.78 is 10.8. The van der Waals surface area contributed by atoms with Crippen LogP contribution in [0.5, 0.6) is 0 Å². The van der Waals surface area contributed by atoms with Crippen LogP contribution >= 0.6 is 0 Å². The van der Waals surface area contributed by atoms with Crippen LogP contribution in [0.25, 0.3) is 16.5 Å². The summed E-state index contributed by atoms with van der Waals surface area (Å²) in [5.41, 5.74) is 1.18. The highest BCUT2D eigenvalue weighted by molar-refractivity contribution is 5.84. The summed E-state index contributed by atoms with van der Waals surface area (Å²) in [5, 5.41) is 0.550. The van der Waals surface area contributed by atoms with Crippen molar-refractivity contribution in [1.29, 1.82) is 0 Å². The van der Waals surface area contributed by atoms with Gasteiger partial charge in [-0.2, -0.15) is 0 Å². The first kappa shape index (κ1) is 14.3. The van der Waals surface area contributed by atoms with E-state index in [2.05, 4.69) is 0 Å². The van der Waals surface area contributed by atoms with E-state index >= 15 is 0 Å². The highest BCUT2D eigenvalue weighted by atomic mass is 16.5. The Labute approximate surface area is 127 Å². The lowest BCUT2D eigenvalue weighted by molar-refractivity contribution is -0.146. The van der Waals surface area contributed by atoms with Gasteiger partial charge in [0, 0.05) is 11.6 Å². The van der Waals surface area contributed by atoms with Gasteiger partial charge in [-0.1, -0.05) is 30.4 Å². The van der Waals surface area contributed by atoms with Crippen LogP contribution in [0.15, 0.2) is 57.8 Å². The third kappa shape index (κ3) is 2.72. The van der Waals surface area contributed by atoms with Gasteiger partial charge >= 0.3 is 5.97 Å². The van der Waals surface area contributed by atoms with Crippen molar-refractivity contribution in [2.24, 2.45) is 5.92 Å². The molecule has 1 aromatic carbocycles. The van der Waals surface area contributed by atoms with Crippen molar-refractivity contribution in [1.82, 2.24) is 0 Å². The molecule has 1 aliphatic carbocycles. The minimum absolute atomic E-state index is 0.0931. The molecule has 112 valence electrons. The molecule has 0 spiro atoms. The normalized spacial score (nSPS) is 17.3. The zero-order chi connectivity index (χ0) is 15.5. The maximum atomic E-state index is 12.2. The quantitative estimate of drug-likeness (QED) is 0.815. The first-order valence-electron chi connectivity index (χ1n) is 7.27. The van der Waals surface area contributed by atoms with Crippen LogP contribution < -0.4 is 5.43 Å². The van der Waals surface area contributed by atoms with Gasteiger partial charge in [-0.3, -0.25) is 9.59 Å². The van der Waals surface area contributed by atoms with Crippen LogP contribution in [0.4, 0.5) is 0 Å². The van der Waals surface area contributed by atoms with Crippen molar-refractivity contribution < 1.29 is 13.9 Å². The number of esters is 1. The van der Waals surface area contributed by atoms with Crippen LogP contribution in [0.2, 0.25) is 0 Å². The van der Waals surface area contributed by atoms with Gasteiger partial charge in [0.1, 0.15) is 11.3 Å². The molecule has 1 aromatic heterocycles. The lowest BCUT2D eigenvalue weighted by atomic mass is 9.95. The van der Waals surface area contributed by atoms with Gasteiger partial charge in [0.15, 0.2) is 5.43 Å². The average Bonchev–Trinajstić information content (AvgIpc) is 2.55. The Bertz CT molecular complexity index is 826. The predicted molar refractivity (Wildman–Crippen MR) is 84.3 cm³/mol. The number of fused-ring (bicyclic) bond motifs is 1. The first-order valence-corrected chi connectivity index (χ1v) is 7.27. The summed E-state index contributed by atoms with van der Waals surface area (Å²) in [7, 11) is 0. The van der Waals surface area contributed by atoms with Crippen molar-refractivity contribution in [3.63, 3.8) is 0 Å². The van der Waals surface area contributed by atoms with Gasteiger partial charge in [-0.25, -0.2) is 0 Å².